The fraction of sp³-hybridized carbons (Fsp3) is 0.417. The molecule has 1 aromatic carbocycles. The molecule has 1 unspecified atom stereocenters. The molecule has 1 atom stereocenters. The molecule has 4 nitrogen and oxygen atoms in total. The first-order valence-electron chi connectivity index (χ1n) is 5.30. The summed E-state index contributed by atoms with van der Waals surface area (Å²) in [5, 5.41) is 9.23. The van der Waals surface area contributed by atoms with Crippen LogP contribution >= 0.6 is 0 Å². The van der Waals surface area contributed by atoms with Crippen LogP contribution in [0.1, 0.15) is 25.5 Å². The molecule has 0 bridgehead atoms. The number of aliphatic hydroxyl groups excluding tert-OH is 1. The van der Waals surface area contributed by atoms with E-state index in [0.29, 0.717) is 0 Å². The van der Waals surface area contributed by atoms with Gasteiger partial charge in [0.2, 0.25) is 0 Å². The van der Waals surface area contributed by atoms with Gasteiger partial charge in [0.25, 0.3) is 0 Å². The zero-order chi connectivity index (χ0) is 12.8. The molecule has 0 heterocycles. The molecule has 1 rings (SSSR count). The SMILES string of the molecule is CCOC(=O)COc1ccc(C(C)O)c(F)c1. The molecule has 0 spiro atoms. The van der Waals surface area contributed by atoms with E-state index < -0.39 is 17.9 Å². The zero-order valence-corrected chi connectivity index (χ0v) is 9.77. The highest BCUT2D eigenvalue weighted by atomic mass is 19.1. The van der Waals surface area contributed by atoms with Crippen molar-refractivity contribution in [2.45, 2.75) is 20.0 Å². The van der Waals surface area contributed by atoms with E-state index in [0.717, 1.165) is 6.07 Å². The quantitative estimate of drug-likeness (QED) is 0.800. The Labute approximate surface area is 99.0 Å². The first-order chi connectivity index (χ1) is 8.04. The highest BCUT2D eigenvalue weighted by Gasteiger charge is 2.10. The monoisotopic (exact) mass is 242 g/mol. The third-order valence-electron chi connectivity index (χ3n) is 2.08. The van der Waals surface area contributed by atoms with E-state index in [4.69, 9.17) is 4.74 Å². The standard InChI is InChI=1S/C12H15FO4/c1-3-16-12(15)7-17-9-4-5-10(8(2)14)11(13)6-9/h4-6,8,14H,3,7H2,1-2H3. The van der Waals surface area contributed by atoms with Crippen LogP contribution in [-0.2, 0) is 9.53 Å². The van der Waals surface area contributed by atoms with Crippen molar-refractivity contribution in [3.8, 4) is 5.75 Å². The first-order valence-corrected chi connectivity index (χ1v) is 5.30. The van der Waals surface area contributed by atoms with Crippen LogP contribution in [0, 0.1) is 5.82 Å². The molecule has 0 aliphatic carbocycles. The maximum absolute atomic E-state index is 13.4. The Kier molecular flexibility index (Phi) is 4.90. The van der Waals surface area contributed by atoms with Crippen LogP contribution in [0.15, 0.2) is 18.2 Å². The molecule has 0 aromatic heterocycles. The number of ether oxygens (including phenoxy) is 2. The van der Waals surface area contributed by atoms with Gasteiger partial charge in [0.15, 0.2) is 6.61 Å². The van der Waals surface area contributed by atoms with Crippen LogP contribution in [0.5, 0.6) is 5.75 Å². The molecule has 1 aromatic rings. The minimum absolute atomic E-state index is 0.188. The van der Waals surface area contributed by atoms with E-state index in [1.54, 1.807) is 6.92 Å². The van der Waals surface area contributed by atoms with Gasteiger partial charge in [-0.3, -0.25) is 0 Å². The van der Waals surface area contributed by atoms with E-state index in [-0.39, 0.29) is 24.5 Å². The molecule has 0 fully saturated rings. The Morgan fingerprint density at radius 3 is 2.76 bits per heavy atom. The van der Waals surface area contributed by atoms with Crippen LogP contribution in [0.25, 0.3) is 0 Å². The predicted molar refractivity (Wildman–Crippen MR) is 59.2 cm³/mol. The third kappa shape index (κ3) is 4.03. The molecule has 0 amide bonds. The fourth-order valence-electron chi connectivity index (χ4n) is 1.28. The Morgan fingerprint density at radius 1 is 1.53 bits per heavy atom. The number of aliphatic hydroxyl groups is 1. The van der Waals surface area contributed by atoms with E-state index in [2.05, 4.69) is 4.74 Å². The number of carbonyl (C=O) groups is 1. The summed E-state index contributed by atoms with van der Waals surface area (Å²) in [5.41, 5.74) is 0.188. The minimum Gasteiger partial charge on any atom is -0.482 e. The number of halogens is 1. The summed E-state index contributed by atoms with van der Waals surface area (Å²) in [6, 6.07) is 4.03. The second-order valence-electron chi connectivity index (χ2n) is 3.45. The lowest BCUT2D eigenvalue weighted by Crippen LogP contribution is -2.14. The molecule has 0 saturated heterocycles. The van der Waals surface area contributed by atoms with E-state index >= 15 is 0 Å². The van der Waals surface area contributed by atoms with Crippen LogP contribution in [0.4, 0.5) is 4.39 Å². The van der Waals surface area contributed by atoms with E-state index in [1.165, 1.54) is 19.1 Å². The molecule has 0 aliphatic rings. The van der Waals surface area contributed by atoms with Gasteiger partial charge in [0.1, 0.15) is 11.6 Å². The minimum atomic E-state index is -0.880. The van der Waals surface area contributed by atoms with Gasteiger partial charge >= 0.3 is 5.97 Å². The van der Waals surface area contributed by atoms with Crippen molar-refractivity contribution in [3.05, 3.63) is 29.6 Å². The summed E-state index contributed by atoms with van der Waals surface area (Å²) in [6.45, 7) is 3.17. The van der Waals surface area contributed by atoms with Crippen molar-refractivity contribution in [3.63, 3.8) is 0 Å². The van der Waals surface area contributed by atoms with Gasteiger partial charge in [0.05, 0.1) is 12.7 Å². The normalized spacial score (nSPS) is 12.0. The van der Waals surface area contributed by atoms with Crippen molar-refractivity contribution < 1.29 is 23.8 Å². The number of carbonyl (C=O) groups excluding carboxylic acids is 1. The Hall–Kier alpha value is -1.62. The average molecular weight is 242 g/mol. The van der Waals surface area contributed by atoms with Gasteiger partial charge in [-0.2, -0.15) is 0 Å². The Morgan fingerprint density at radius 2 is 2.24 bits per heavy atom. The Bertz CT molecular complexity index is 390. The van der Waals surface area contributed by atoms with Crippen molar-refractivity contribution in [2.24, 2.45) is 0 Å². The molecule has 17 heavy (non-hydrogen) atoms. The number of rotatable bonds is 5. The highest BCUT2D eigenvalue weighted by Crippen LogP contribution is 2.21. The van der Waals surface area contributed by atoms with Gasteiger partial charge < -0.3 is 14.6 Å². The molecule has 0 radical (unpaired) electrons. The summed E-state index contributed by atoms with van der Waals surface area (Å²) >= 11 is 0. The number of hydrogen-bond donors (Lipinski definition) is 1. The van der Waals surface area contributed by atoms with Crippen molar-refractivity contribution >= 4 is 5.97 Å². The van der Waals surface area contributed by atoms with Gasteiger partial charge in [-0.15, -0.1) is 0 Å². The second kappa shape index (κ2) is 6.20. The maximum Gasteiger partial charge on any atom is 0.344 e. The number of esters is 1. The van der Waals surface area contributed by atoms with Crippen molar-refractivity contribution in [1.29, 1.82) is 0 Å². The molecule has 0 saturated carbocycles. The third-order valence-corrected chi connectivity index (χ3v) is 2.08. The topological polar surface area (TPSA) is 55.8 Å². The first kappa shape index (κ1) is 13.4. The smallest absolute Gasteiger partial charge is 0.344 e. The fourth-order valence-corrected chi connectivity index (χ4v) is 1.28. The summed E-state index contributed by atoms with van der Waals surface area (Å²) in [4.78, 5) is 11.0. The van der Waals surface area contributed by atoms with Crippen LogP contribution in [0.3, 0.4) is 0 Å². The maximum atomic E-state index is 13.4. The number of benzene rings is 1. The van der Waals surface area contributed by atoms with Gasteiger partial charge in [-0.05, 0) is 26.0 Å². The summed E-state index contributed by atoms with van der Waals surface area (Å²) < 4.78 is 23.1. The second-order valence-corrected chi connectivity index (χ2v) is 3.45. The van der Waals surface area contributed by atoms with Gasteiger partial charge in [0, 0.05) is 11.6 Å². The van der Waals surface area contributed by atoms with Gasteiger partial charge in [-0.1, -0.05) is 0 Å². The van der Waals surface area contributed by atoms with Crippen LogP contribution < -0.4 is 4.74 Å². The molecule has 0 aliphatic heterocycles. The zero-order valence-electron chi connectivity index (χ0n) is 9.77. The lowest BCUT2D eigenvalue weighted by atomic mass is 10.1. The Balaban J connectivity index is 2.62. The average Bonchev–Trinajstić information content (AvgIpc) is 2.26. The predicted octanol–water partition coefficient (Wildman–Crippen LogP) is 1.82. The summed E-state index contributed by atoms with van der Waals surface area (Å²) in [7, 11) is 0. The molecule has 5 heteroatoms. The van der Waals surface area contributed by atoms with E-state index in [1.807, 2.05) is 0 Å². The lowest BCUT2D eigenvalue weighted by Gasteiger charge is -2.09. The van der Waals surface area contributed by atoms with Gasteiger partial charge in [-0.25, -0.2) is 9.18 Å². The van der Waals surface area contributed by atoms with Crippen LogP contribution in [-0.4, -0.2) is 24.3 Å². The largest absolute Gasteiger partial charge is 0.482 e. The molecule has 1 N–H and O–H groups in total. The molecular weight excluding hydrogens is 227 g/mol. The summed E-state index contributed by atoms with van der Waals surface area (Å²) in [5.74, 6) is -0.853. The molecular formula is C12H15FO4. The van der Waals surface area contributed by atoms with Crippen LogP contribution in [0.2, 0.25) is 0 Å². The van der Waals surface area contributed by atoms with Crippen molar-refractivity contribution in [1.82, 2.24) is 0 Å². The number of hydrogen-bond acceptors (Lipinski definition) is 4. The van der Waals surface area contributed by atoms with E-state index in [9.17, 15) is 14.3 Å². The lowest BCUT2D eigenvalue weighted by molar-refractivity contribution is -0.145. The molecule has 94 valence electrons. The summed E-state index contributed by atoms with van der Waals surface area (Å²) in [6.07, 6.45) is -0.880. The van der Waals surface area contributed by atoms with Crippen molar-refractivity contribution in [2.75, 3.05) is 13.2 Å². The highest BCUT2D eigenvalue weighted by molar-refractivity contribution is 5.71.